The third kappa shape index (κ3) is 5.05. The SMILES string of the molecule is CCN(C(=O)COc1cccc(CNC(C)C)c1)C1CC1. The Morgan fingerprint density at radius 3 is 2.81 bits per heavy atom. The van der Waals surface area contributed by atoms with Crippen LogP contribution in [0.15, 0.2) is 24.3 Å². The van der Waals surface area contributed by atoms with E-state index in [0.717, 1.165) is 31.7 Å². The van der Waals surface area contributed by atoms with Crippen molar-refractivity contribution >= 4 is 5.91 Å². The molecule has 0 bridgehead atoms. The Balaban J connectivity index is 1.84. The van der Waals surface area contributed by atoms with E-state index < -0.39 is 0 Å². The molecule has 0 aromatic heterocycles. The maximum Gasteiger partial charge on any atom is 0.260 e. The van der Waals surface area contributed by atoms with Crippen molar-refractivity contribution in [1.29, 1.82) is 0 Å². The van der Waals surface area contributed by atoms with Crippen LogP contribution in [0.4, 0.5) is 0 Å². The second-order valence-corrected chi connectivity index (χ2v) is 5.88. The zero-order chi connectivity index (χ0) is 15.2. The fourth-order valence-electron chi connectivity index (χ4n) is 2.32. The molecule has 0 atom stereocenters. The van der Waals surface area contributed by atoms with Crippen molar-refractivity contribution in [3.8, 4) is 5.75 Å². The van der Waals surface area contributed by atoms with Gasteiger partial charge in [0, 0.05) is 25.2 Å². The topological polar surface area (TPSA) is 41.6 Å². The van der Waals surface area contributed by atoms with Crippen molar-refractivity contribution in [2.24, 2.45) is 0 Å². The van der Waals surface area contributed by atoms with E-state index in [1.54, 1.807) is 0 Å². The Kier molecular flexibility index (Phi) is 5.62. The van der Waals surface area contributed by atoms with Gasteiger partial charge in [0.15, 0.2) is 6.61 Å². The molecule has 0 unspecified atom stereocenters. The molecule has 1 aliphatic carbocycles. The fourth-order valence-corrected chi connectivity index (χ4v) is 2.32. The molecule has 0 saturated heterocycles. The zero-order valence-electron chi connectivity index (χ0n) is 13.3. The third-order valence-electron chi connectivity index (χ3n) is 3.62. The average Bonchev–Trinajstić information content (AvgIpc) is 3.29. The lowest BCUT2D eigenvalue weighted by molar-refractivity contribution is -0.133. The summed E-state index contributed by atoms with van der Waals surface area (Å²) in [7, 11) is 0. The molecule has 0 heterocycles. The van der Waals surface area contributed by atoms with Crippen LogP contribution in [-0.4, -0.2) is 36.0 Å². The van der Waals surface area contributed by atoms with Crippen LogP contribution in [0.1, 0.15) is 39.2 Å². The van der Waals surface area contributed by atoms with E-state index in [2.05, 4.69) is 25.2 Å². The van der Waals surface area contributed by atoms with Gasteiger partial charge < -0.3 is 15.0 Å². The maximum atomic E-state index is 12.1. The van der Waals surface area contributed by atoms with Crippen LogP contribution in [0, 0.1) is 0 Å². The molecule has 1 aromatic rings. The summed E-state index contributed by atoms with van der Waals surface area (Å²) in [6.07, 6.45) is 2.27. The molecule has 4 heteroatoms. The number of carbonyl (C=O) groups is 1. The largest absolute Gasteiger partial charge is 0.484 e. The van der Waals surface area contributed by atoms with E-state index >= 15 is 0 Å². The summed E-state index contributed by atoms with van der Waals surface area (Å²) in [5.74, 6) is 0.851. The number of carbonyl (C=O) groups excluding carboxylic acids is 1. The molecular weight excluding hydrogens is 264 g/mol. The molecule has 116 valence electrons. The predicted octanol–water partition coefficient (Wildman–Crippen LogP) is 2.57. The Bertz CT molecular complexity index is 470. The van der Waals surface area contributed by atoms with Gasteiger partial charge in [-0.25, -0.2) is 0 Å². The molecule has 1 aliphatic rings. The third-order valence-corrected chi connectivity index (χ3v) is 3.62. The molecule has 0 aliphatic heterocycles. The summed E-state index contributed by atoms with van der Waals surface area (Å²) >= 11 is 0. The first-order valence-corrected chi connectivity index (χ1v) is 7.84. The van der Waals surface area contributed by atoms with Crippen molar-refractivity contribution in [2.75, 3.05) is 13.2 Å². The van der Waals surface area contributed by atoms with Gasteiger partial charge in [-0.15, -0.1) is 0 Å². The molecule has 1 aromatic carbocycles. The van der Waals surface area contributed by atoms with Gasteiger partial charge in [0.1, 0.15) is 5.75 Å². The zero-order valence-corrected chi connectivity index (χ0v) is 13.3. The first kappa shape index (κ1) is 15.8. The number of hydrogen-bond acceptors (Lipinski definition) is 3. The number of nitrogens with zero attached hydrogens (tertiary/aromatic N) is 1. The number of nitrogens with one attached hydrogen (secondary N) is 1. The van der Waals surface area contributed by atoms with Gasteiger partial charge in [0.2, 0.25) is 0 Å². The van der Waals surface area contributed by atoms with Crippen LogP contribution >= 0.6 is 0 Å². The molecular formula is C17H26N2O2. The standard InChI is InChI=1S/C17H26N2O2/c1-4-19(15-8-9-15)17(20)12-21-16-7-5-6-14(10-16)11-18-13(2)3/h5-7,10,13,15,18H,4,8-9,11-12H2,1-3H3. The number of likely N-dealkylation sites (N-methyl/N-ethyl adjacent to an activating group) is 1. The monoisotopic (exact) mass is 290 g/mol. The molecule has 2 rings (SSSR count). The van der Waals surface area contributed by atoms with E-state index in [9.17, 15) is 4.79 Å². The summed E-state index contributed by atoms with van der Waals surface area (Å²) < 4.78 is 5.66. The first-order valence-electron chi connectivity index (χ1n) is 7.84. The number of hydrogen-bond donors (Lipinski definition) is 1. The highest BCUT2D eigenvalue weighted by molar-refractivity contribution is 5.78. The van der Waals surface area contributed by atoms with Gasteiger partial charge in [-0.05, 0) is 37.5 Å². The summed E-state index contributed by atoms with van der Waals surface area (Å²) in [6.45, 7) is 7.98. The molecule has 0 spiro atoms. The van der Waals surface area contributed by atoms with Crippen molar-refractivity contribution in [2.45, 2.75) is 52.2 Å². The van der Waals surface area contributed by atoms with E-state index in [4.69, 9.17) is 4.74 Å². The fraction of sp³-hybridized carbons (Fsp3) is 0.588. The van der Waals surface area contributed by atoms with Crippen molar-refractivity contribution < 1.29 is 9.53 Å². The molecule has 1 saturated carbocycles. The second-order valence-electron chi connectivity index (χ2n) is 5.88. The molecule has 1 N–H and O–H groups in total. The number of amides is 1. The molecule has 1 fully saturated rings. The van der Waals surface area contributed by atoms with Crippen molar-refractivity contribution in [3.05, 3.63) is 29.8 Å². The molecule has 21 heavy (non-hydrogen) atoms. The normalized spacial score (nSPS) is 14.3. The van der Waals surface area contributed by atoms with E-state index in [1.165, 1.54) is 5.56 Å². The van der Waals surface area contributed by atoms with E-state index in [1.807, 2.05) is 30.0 Å². The van der Waals surface area contributed by atoms with Crippen LogP contribution < -0.4 is 10.1 Å². The van der Waals surface area contributed by atoms with Crippen molar-refractivity contribution in [3.63, 3.8) is 0 Å². The molecule has 4 nitrogen and oxygen atoms in total. The number of benzene rings is 1. The van der Waals surface area contributed by atoms with Gasteiger partial charge in [0.25, 0.3) is 5.91 Å². The van der Waals surface area contributed by atoms with Crippen molar-refractivity contribution in [1.82, 2.24) is 10.2 Å². The summed E-state index contributed by atoms with van der Waals surface area (Å²) in [5, 5.41) is 3.37. The van der Waals surface area contributed by atoms with E-state index in [0.29, 0.717) is 12.1 Å². The highest BCUT2D eigenvalue weighted by Gasteiger charge is 2.31. The summed E-state index contributed by atoms with van der Waals surface area (Å²) in [6, 6.07) is 8.83. The molecule has 1 amide bonds. The van der Waals surface area contributed by atoms with E-state index in [-0.39, 0.29) is 12.5 Å². The van der Waals surface area contributed by atoms with Gasteiger partial charge in [-0.2, -0.15) is 0 Å². The van der Waals surface area contributed by atoms with Gasteiger partial charge in [-0.1, -0.05) is 26.0 Å². The first-order chi connectivity index (χ1) is 10.1. The van der Waals surface area contributed by atoms with Gasteiger partial charge in [0.05, 0.1) is 0 Å². The maximum absolute atomic E-state index is 12.1. The van der Waals surface area contributed by atoms with Crippen LogP contribution in [0.5, 0.6) is 5.75 Å². The quantitative estimate of drug-likeness (QED) is 0.800. The second kappa shape index (κ2) is 7.46. The highest BCUT2D eigenvalue weighted by Crippen LogP contribution is 2.26. The highest BCUT2D eigenvalue weighted by atomic mass is 16.5. The lowest BCUT2D eigenvalue weighted by atomic mass is 10.2. The Hall–Kier alpha value is -1.55. The smallest absolute Gasteiger partial charge is 0.260 e. The Labute approximate surface area is 127 Å². The Morgan fingerprint density at radius 2 is 2.19 bits per heavy atom. The van der Waals surface area contributed by atoms with Gasteiger partial charge >= 0.3 is 0 Å². The van der Waals surface area contributed by atoms with Crippen LogP contribution in [0.25, 0.3) is 0 Å². The summed E-state index contributed by atoms with van der Waals surface area (Å²) in [5.41, 5.74) is 1.17. The minimum absolute atomic E-state index is 0.0886. The average molecular weight is 290 g/mol. The lowest BCUT2D eigenvalue weighted by Crippen LogP contribution is -2.36. The minimum Gasteiger partial charge on any atom is -0.484 e. The van der Waals surface area contributed by atoms with Crippen LogP contribution in [-0.2, 0) is 11.3 Å². The van der Waals surface area contributed by atoms with Crippen LogP contribution in [0.3, 0.4) is 0 Å². The number of rotatable bonds is 8. The van der Waals surface area contributed by atoms with Gasteiger partial charge in [-0.3, -0.25) is 4.79 Å². The lowest BCUT2D eigenvalue weighted by Gasteiger charge is -2.20. The Morgan fingerprint density at radius 1 is 1.43 bits per heavy atom. The number of ether oxygens (including phenoxy) is 1. The minimum atomic E-state index is 0.0886. The van der Waals surface area contributed by atoms with Crippen LogP contribution in [0.2, 0.25) is 0 Å². The summed E-state index contributed by atoms with van der Waals surface area (Å²) in [4.78, 5) is 14.0. The predicted molar refractivity (Wildman–Crippen MR) is 84.3 cm³/mol. The molecule has 0 radical (unpaired) electrons.